The lowest BCUT2D eigenvalue weighted by atomic mass is 9.44. The second-order valence-corrected chi connectivity index (χ2v) is 10.0. The molecular weight excluding hydrogens is 300 g/mol. The minimum atomic E-state index is -0.305. The van der Waals surface area contributed by atoms with Crippen LogP contribution in [0, 0.1) is 40.4 Å². The summed E-state index contributed by atoms with van der Waals surface area (Å²) in [6, 6.07) is 0. The molecule has 4 saturated carbocycles. The van der Waals surface area contributed by atoms with Crippen LogP contribution in [0.4, 0.5) is 0 Å². The number of hydrogen-bond acceptors (Lipinski definition) is 3. The molecule has 4 aliphatic carbocycles. The van der Waals surface area contributed by atoms with Crippen LogP contribution >= 0.6 is 0 Å². The van der Waals surface area contributed by atoms with Gasteiger partial charge in [0.25, 0.3) is 0 Å². The smallest absolute Gasteiger partial charge is 0.137 e. The number of rotatable bonds is 1. The van der Waals surface area contributed by atoms with E-state index in [2.05, 4.69) is 13.8 Å². The summed E-state index contributed by atoms with van der Waals surface area (Å²) < 4.78 is 0. The molecule has 0 aliphatic heterocycles. The van der Waals surface area contributed by atoms with Gasteiger partial charge in [0.1, 0.15) is 5.78 Å². The first-order chi connectivity index (χ1) is 11.3. The van der Waals surface area contributed by atoms with Crippen molar-refractivity contribution in [2.75, 3.05) is 0 Å². The monoisotopic (exact) mass is 334 g/mol. The van der Waals surface area contributed by atoms with E-state index in [4.69, 9.17) is 0 Å². The molecule has 4 aliphatic rings. The zero-order valence-corrected chi connectivity index (χ0v) is 15.5. The highest BCUT2D eigenvalue weighted by Gasteiger charge is 2.63. The Bertz CT molecular complexity index is 529. The van der Waals surface area contributed by atoms with Crippen molar-refractivity contribution in [3.63, 3.8) is 0 Å². The fourth-order valence-corrected chi connectivity index (χ4v) is 7.88. The molecule has 0 aromatic rings. The number of aliphatic hydroxyl groups excluding tert-OH is 2. The maximum Gasteiger partial charge on any atom is 0.137 e. The van der Waals surface area contributed by atoms with E-state index in [0.717, 1.165) is 32.1 Å². The third-order valence-electron chi connectivity index (χ3n) is 8.98. The molecule has 4 rings (SSSR count). The normalized spacial score (nSPS) is 55.5. The number of fused-ring (bicyclic) bond motifs is 5. The van der Waals surface area contributed by atoms with Gasteiger partial charge >= 0.3 is 0 Å². The van der Waals surface area contributed by atoms with Crippen LogP contribution in [-0.2, 0) is 4.79 Å². The third-order valence-corrected chi connectivity index (χ3v) is 8.98. The van der Waals surface area contributed by atoms with E-state index >= 15 is 0 Å². The van der Waals surface area contributed by atoms with Gasteiger partial charge in [-0.25, -0.2) is 0 Å². The number of ketones is 1. The molecule has 3 heteroatoms. The van der Waals surface area contributed by atoms with Crippen molar-refractivity contribution in [2.24, 2.45) is 40.4 Å². The number of Topliss-reactive ketones (excluding diaryl/α,β-unsaturated/α-hetero) is 1. The lowest BCUT2D eigenvalue weighted by molar-refractivity contribution is -0.163. The Morgan fingerprint density at radius 2 is 1.83 bits per heavy atom. The largest absolute Gasteiger partial charge is 0.393 e. The van der Waals surface area contributed by atoms with Gasteiger partial charge in [-0.05, 0) is 86.4 Å². The van der Waals surface area contributed by atoms with E-state index in [0.29, 0.717) is 30.0 Å². The van der Waals surface area contributed by atoms with Crippen molar-refractivity contribution in [1.29, 1.82) is 0 Å². The predicted molar refractivity (Wildman–Crippen MR) is 93.3 cm³/mol. The lowest BCUT2D eigenvalue weighted by Gasteiger charge is -2.60. The standard InChI is InChI=1S/C21H34O3/c1-12(22)16-6-7-17-15-5-4-13-10-14(23)8-9-20(13,2)19(15)18(24)11-21(16,17)3/h12-17,19,22-23H,4-11H2,1-3H3/t12-,13+,14+,15+,16-,17+,19-,20+,21-/m1/s1. The summed E-state index contributed by atoms with van der Waals surface area (Å²) in [5, 5.41) is 20.4. The third kappa shape index (κ3) is 2.19. The number of carbonyl (C=O) groups is 1. The highest BCUT2D eigenvalue weighted by Crippen LogP contribution is 2.66. The molecule has 136 valence electrons. The summed E-state index contributed by atoms with van der Waals surface area (Å²) >= 11 is 0. The second-order valence-electron chi connectivity index (χ2n) is 10.0. The number of hydrogen-bond donors (Lipinski definition) is 2. The Morgan fingerprint density at radius 1 is 1.08 bits per heavy atom. The maximum atomic E-state index is 13.3. The molecule has 0 aromatic heterocycles. The van der Waals surface area contributed by atoms with Crippen molar-refractivity contribution in [2.45, 2.75) is 84.3 Å². The maximum absolute atomic E-state index is 13.3. The van der Waals surface area contributed by atoms with E-state index < -0.39 is 0 Å². The van der Waals surface area contributed by atoms with Crippen LogP contribution in [0.5, 0.6) is 0 Å². The predicted octanol–water partition coefficient (Wildman–Crippen LogP) is 3.57. The first-order valence-electron chi connectivity index (χ1n) is 10.2. The van der Waals surface area contributed by atoms with Crippen molar-refractivity contribution < 1.29 is 15.0 Å². The summed E-state index contributed by atoms with van der Waals surface area (Å²) in [5.41, 5.74) is 0.104. The Morgan fingerprint density at radius 3 is 2.54 bits per heavy atom. The zero-order chi connectivity index (χ0) is 17.3. The lowest BCUT2D eigenvalue weighted by Crippen LogP contribution is -2.58. The first kappa shape index (κ1) is 17.0. The molecule has 0 heterocycles. The van der Waals surface area contributed by atoms with Crippen LogP contribution in [-0.4, -0.2) is 28.2 Å². The van der Waals surface area contributed by atoms with E-state index in [1.54, 1.807) is 0 Å². The first-order valence-corrected chi connectivity index (χ1v) is 10.2. The van der Waals surface area contributed by atoms with Crippen LogP contribution in [0.15, 0.2) is 0 Å². The summed E-state index contributed by atoms with van der Waals surface area (Å²) in [6.45, 7) is 6.55. The Kier molecular flexibility index (Phi) is 3.93. The molecule has 4 fully saturated rings. The summed E-state index contributed by atoms with van der Waals surface area (Å²) in [5.74, 6) is 2.58. The molecule has 2 N–H and O–H groups in total. The highest BCUT2D eigenvalue weighted by molar-refractivity contribution is 5.84. The molecule has 24 heavy (non-hydrogen) atoms. The van der Waals surface area contributed by atoms with Gasteiger partial charge in [-0.2, -0.15) is 0 Å². The van der Waals surface area contributed by atoms with Crippen molar-refractivity contribution in [3.8, 4) is 0 Å². The van der Waals surface area contributed by atoms with Gasteiger partial charge in [0, 0.05) is 12.3 Å². The quantitative estimate of drug-likeness (QED) is 0.771. The van der Waals surface area contributed by atoms with Gasteiger partial charge in [-0.1, -0.05) is 13.8 Å². The molecule has 0 radical (unpaired) electrons. The molecule has 0 aromatic carbocycles. The minimum absolute atomic E-state index is 0.00376. The van der Waals surface area contributed by atoms with Gasteiger partial charge in [-0.3, -0.25) is 4.79 Å². The van der Waals surface area contributed by atoms with E-state index in [1.165, 1.54) is 12.8 Å². The van der Waals surface area contributed by atoms with Crippen molar-refractivity contribution >= 4 is 5.78 Å². The van der Waals surface area contributed by atoms with E-state index in [-0.39, 0.29) is 34.9 Å². The average molecular weight is 335 g/mol. The topological polar surface area (TPSA) is 57.5 Å². The molecule has 0 bridgehead atoms. The van der Waals surface area contributed by atoms with Crippen LogP contribution < -0.4 is 0 Å². The van der Waals surface area contributed by atoms with Crippen LogP contribution in [0.25, 0.3) is 0 Å². The van der Waals surface area contributed by atoms with Gasteiger partial charge in [0.05, 0.1) is 12.2 Å². The Balaban J connectivity index is 1.67. The molecule has 3 nitrogen and oxygen atoms in total. The minimum Gasteiger partial charge on any atom is -0.393 e. The summed E-state index contributed by atoms with van der Waals surface area (Å²) in [7, 11) is 0. The van der Waals surface area contributed by atoms with Crippen LogP contribution in [0.3, 0.4) is 0 Å². The molecule has 9 atom stereocenters. The van der Waals surface area contributed by atoms with Crippen LogP contribution in [0.1, 0.15) is 72.1 Å². The van der Waals surface area contributed by atoms with Gasteiger partial charge < -0.3 is 10.2 Å². The van der Waals surface area contributed by atoms with Crippen molar-refractivity contribution in [3.05, 3.63) is 0 Å². The fourth-order valence-electron chi connectivity index (χ4n) is 7.88. The second kappa shape index (κ2) is 5.54. The van der Waals surface area contributed by atoms with Crippen LogP contribution in [0.2, 0.25) is 0 Å². The number of carbonyl (C=O) groups excluding carboxylic acids is 1. The Labute approximate surface area is 146 Å². The summed E-state index contributed by atoms with van der Waals surface area (Å²) in [6.07, 6.45) is 7.56. The molecule has 0 unspecified atom stereocenters. The van der Waals surface area contributed by atoms with Gasteiger partial charge in [0.15, 0.2) is 0 Å². The SMILES string of the molecule is C[C@@H](O)[C@H]1CC[C@H]2[C@@H]3CC[C@H]4C[C@@H](O)CC[C@]4(C)[C@H]3C(=O)C[C@]12C. The fraction of sp³-hybridized carbons (Fsp3) is 0.952. The highest BCUT2D eigenvalue weighted by atomic mass is 16.3. The number of aliphatic hydroxyl groups is 2. The average Bonchev–Trinajstić information content (AvgIpc) is 2.84. The molecule has 0 spiro atoms. The molecular formula is C21H34O3. The van der Waals surface area contributed by atoms with E-state index in [1.807, 2.05) is 6.92 Å². The van der Waals surface area contributed by atoms with Crippen molar-refractivity contribution in [1.82, 2.24) is 0 Å². The Hall–Kier alpha value is -0.410. The van der Waals surface area contributed by atoms with Gasteiger partial charge in [0.2, 0.25) is 0 Å². The van der Waals surface area contributed by atoms with E-state index in [9.17, 15) is 15.0 Å². The molecule has 0 amide bonds. The molecule has 0 saturated heterocycles. The zero-order valence-electron chi connectivity index (χ0n) is 15.5. The summed E-state index contributed by atoms with van der Waals surface area (Å²) in [4.78, 5) is 13.3. The van der Waals surface area contributed by atoms with Gasteiger partial charge in [-0.15, -0.1) is 0 Å².